The smallest absolute Gasteiger partial charge is 0.264 e. The fourth-order valence-corrected chi connectivity index (χ4v) is 2.27. The average Bonchev–Trinajstić information content (AvgIpc) is 2.51. The van der Waals surface area contributed by atoms with E-state index in [1.165, 1.54) is 0 Å². The third kappa shape index (κ3) is 3.35. The maximum absolute atomic E-state index is 12.0. The minimum atomic E-state index is -0.192. The monoisotopic (exact) mass is 402 g/mol. The normalized spacial score (nSPS) is 10.5. The molecule has 1 aromatic carbocycles. The highest BCUT2D eigenvalue weighted by Gasteiger charge is 2.12. The molecule has 0 atom stereocenters. The number of halogens is 1. The molecule has 0 aliphatic carbocycles. The summed E-state index contributed by atoms with van der Waals surface area (Å²) in [7, 11) is 4.69. The second-order valence-corrected chi connectivity index (χ2v) is 5.26. The summed E-state index contributed by atoms with van der Waals surface area (Å²) in [6, 6.07) is 5.34. The van der Waals surface area contributed by atoms with Crippen molar-refractivity contribution in [1.29, 1.82) is 0 Å². The highest BCUT2D eigenvalue weighted by molar-refractivity contribution is 14.1. The standard InChI is InChI=1S/C14H15IN2O4/c1-19-7-9-12(15)14(18)17-13(16-9)8-4-5-10(20-2)11(6-8)21-3/h4-6H,7H2,1-3H3,(H,16,17,18). The van der Waals surface area contributed by atoms with Gasteiger partial charge in [0.1, 0.15) is 9.39 Å². The van der Waals surface area contributed by atoms with E-state index in [-0.39, 0.29) is 12.2 Å². The van der Waals surface area contributed by atoms with Crippen molar-refractivity contribution in [2.45, 2.75) is 6.61 Å². The van der Waals surface area contributed by atoms with E-state index in [0.29, 0.717) is 26.6 Å². The van der Waals surface area contributed by atoms with E-state index in [2.05, 4.69) is 9.97 Å². The van der Waals surface area contributed by atoms with Gasteiger partial charge in [0.05, 0.1) is 26.5 Å². The first-order valence-corrected chi connectivity index (χ1v) is 7.18. The van der Waals surface area contributed by atoms with Gasteiger partial charge in [-0.3, -0.25) is 4.79 Å². The van der Waals surface area contributed by atoms with Crippen LogP contribution in [0.5, 0.6) is 11.5 Å². The predicted molar refractivity (Wildman–Crippen MR) is 86.8 cm³/mol. The second kappa shape index (κ2) is 6.90. The van der Waals surface area contributed by atoms with Crippen LogP contribution in [0.1, 0.15) is 5.69 Å². The summed E-state index contributed by atoms with van der Waals surface area (Å²) in [5.74, 6) is 1.66. The summed E-state index contributed by atoms with van der Waals surface area (Å²) in [4.78, 5) is 19.2. The molecule has 112 valence electrons. The number of ether oxygens (including phenoxy) is 3. The molecule has 0 unspecified atom stereocenters. The van der Waals surface area contributed by atoms with Crippen molar-refractivity contribution >= 4 is 22.6 Å². The molecule has 21 heavy (non-hydrogen) atoms. The maximum Gasteiger partial charge on any atom is 0.264 e. The first-order chi connectivity index (χ1) is 10.1. The Hall–Kier alpha value is -1.61. The van der Waals surface area contributed by atoms with Gasteiger partial charge >= 0.3 is 0 Å². The molecule has 0 fully saturated rings. The molecule has 0 radical (unpaired) electrons. The Kier molecular flexibility index (Phi) is 5.18. The first kappa shape index (κ1) is 15.8. The molecule has 0 amide bonds. The number of aromatic amines is 1. The number of rotatable bonds is 5. The van der Waals surface area contributed by atoms with Crippen LogP contribution in [0, 0.1) is 3.57 Å². The van der Waals surface area contributed by atoms with Crippen molar-refractivity contribution in [3.63, 3.8) is 0 Å². The van der Waals surface area contributed by atoms with Gasteiger partial charge in [-0.1, -0.05) is 0 Å². The molecule has 0 aliphatic rings. The highest BCUT2D eigenvalue weighted by Crippen LogP contribution is 2.30. The van der Waals surface area contributed by atoms with Crippen LogP contribution in [0.3, 0.4) is 0 Å². The topological polar surface area (TPSA) is 73.4 Å². The van der Waals surface area contributed by atoms with Gasteiger partial charge in [0, 0.05) is 12.7 Å². The van der Waals surface area contributed by atoms with E-state index < -0.39 is 0 Å². The molecule has 2 rings (SSSR count). The van der Waals surface area contributed by atoms with Gasteiger partial charge in [-0.15, -0.1) is 0 Å². The van der Waals surface area contributed by atoms with Crippen molar-refractivity contribution in [2.75, 3.05) is 21.3 Å². The van der Waals surface area contributed by atoms with Crippen LogP contribution in [-0.2, 0) is 11.3 Å². The molecule has 1 heterocycles. The lowest BCUT2D eigenvalue weighted by molar-refractivity contribution is 0.180. The molecule has 0 spiro atoms. The molecule has 7 heteroatoms. The van der Waals surface area contributed by atoms with E-state index in [9.17, 15) is 4.79 Å². The van der Waals surface area contributed by atoms with E-state index in [4.69, 9.17) is 14.2 Å². The second-order valence-electron chi connectivity index (χ2n) is 4.18. The van der Waals surface area contributed by atoms with E-state index in [0.717, 1.165) is 5.56 Å². The lowest BCUT2D eigenvalue weighted by atomic mass is 10.2. The van der Waals surface area contributed by atoms with E-state index >= 15 is 0 Å². The fourth-order valence-electron chi connectivity index (χ4n) is 1.86. The Morgan fingerprint density at radius 1 is 1.19 bits per heavy atom. The highest BCUT2D eigenvalue weighted by atomic mass is 127. The van der Waals surface area contributed by atoms with Gasteiger partial charge in [0.25, 0.3) is 5.56 Å². The van der Waals surface area contributed by atoms with E-state index in [1.54, 1.807) is 33.5 Å². The lowest BCUT2D eigenvalue weighted by Crippen LogP contribution is -2.16. The number of nitrogens with zero attached hydrogens (tertiary/aromatic N) is 1. The number of benzene rings is 1. The van der Waals surface area contributed by atoms with E-state index in [1.807, 2.05) is 28.7 Å². The summed E-state index contributed by atoms with van der Waals surface area (Å²) < 4.78 is 16.1. The summed E-state index contributed by atoms with van der Waals surface area (Å²) in [6.07, 6.45) is 0. The van der Waals surface area contributed by atoms with Gasteiger partial charge in [-0.2, -0.15) is 0 Å². The first-order valence-electron chi connectivity index (χ1n) is 6.10. The quantitative estimate of drug-likeness (QED) is 0.777. The molecule has 6 nitrogen and oxygen atoms in total. The molecule has 1 aromatic heterocycles. The summed E-state index contributed by atoms with van der Waals surface area (Å²) in [5.41, 5.74) is 1.15. The third-order valence-corrected chi connectivity index (χ3v) is 3.98. The predicted octanol–water partition coefficient (Wildman–Crippen LogP) is 2.21. The molecule has 1 N–H and O–H groups in total. The van der Waals surface area contributed by atoms with Gasteiger partial charge in [-0.05, 0) is 40.8 Å². The van der Waals surface area contributed by atoms with Crippen molar-refractivity contribution < 1.29 is 14.2 Å². The van der Waals surface area contributed by atoms with Crippen LogP contribution >= 0.6 is 22.6 Å². The minimum Gasteiger partial charge on any atom is -0.493 e. The third-order valence-electron chi connectivity index (χ3n) is 2.87. The minimum absolute atomic E-state index is 0.192. The number of hydrogen-bond acceptors (Lipinski definition) is 5. The number of hydrogen-bond donors (Lipinski definition) is 1. The van der Waals surface area contributed by atoms with Gasteiger partial charge in [-0.25, -0.2) is 4.98 Å². The average molecular weight is 402 g/mol. The van der Waals surface area contributed by atoms with Gasteiger partial charge in [0.15, 0.2) is 11.5 Å². The number of nitrogens with one attached hydrogen (secondary N) is 1. The molecule has 0 saturated carbocycles. The zero-order valence-corrected chi connectivity index (χ0v) is 14.1. The Morgan fingerprint density at radius 3 is 2.52 bits per heavy atom. The lowest BCUT2D eigenvalue weighted by Gasteiger charge is -2.10. The number of H-pyrrole nitrogens is 1. The van der Waals surface area contributed by atoms with Crippen molar-refractivity contribution in [3.05, 3.63) is 37.8 Å². The van der Waals surface area contributed by atoms with Crippen LogP contribution in [0.4, 0.5) is 0 Å². The Labute approximate surface area is 135 Å². The molecule has 0 bridgehead atoms. The SMILES string of the molecule is COCc1nc(-c2ccc(OC)c(OC)c2)[nH]c(=O)c1I. The van der Waals surface area contributed by atoms with Gasteiger partial charge < -0.3 is 19.2 Å². The van der Waals surface area contributed by atoms with Crippen LogP contribution < -0.4 is 15.0 Å². The van der Waals surface area contributed by atoms with Gasteiger partial charge in [0.2, 0.25) is 0 Å². The Morgan fingerprint density at radius 2 is 1.90 bits per heavy atom. The summed E-state index contributed by atoms with van der Waals surface area (Å²) >= 11 is 1.96. The van der Waals surface area contributed by atoms with Crippen LogP contribution in [0.2, 0.25) is 0 Å². The molecule has 0 aliphatic heterocycles. The van der Waals surface area contributed by atoms with Crippen molar-refractivity contribution in [1.82, 2.24) is 9.97 Å². The fraction of sp³-hybridized carbons (Fsp3) is 0.286. The Balaban J connectivity index is 2.54. The Bertz CT molecular complexity index is 700. The molecular formula is C14H15IN2O4. The largest absolute Gasteiger partial charge is 0.493 e. The zero-order valence-electron chi connectivity index (χ0n) is 11.9. The van der Waals surface area contributed by atoms with Crippen molar-refractivity contribution in [2.24, 2.45) is 0 Å². The molecule has 0 saturated heterocycles. The molecule has 2 aromatic rings. The maximum atomic E-state index is 12.0. The zero-order chi connectivity index (χ0) is 15.4. The van der Waals surface area contributed by atoms with Crippen molar-refractivity contribution in [3.8, 4) is 22.9 Å². The molecular weight excluding hydrogens is 387 g/mol. The summed E-state index contributed by atoms with van der Waals surface area (Å²) in [5, 5.41) is 0. The number of methoxy groups -OCH3 is 3. The van der Waals surface area contributed by atoms with Crippen LogP contribution in [0.15, 0.2) is 23.0 Å². The number of aromatic nitrogens is 2. The van der Waals surface area contributed by atoms with Crippen LogP contribution in [0.25, 0.3) is 11.4 Å². The van der Waals surface area contributed by atoms with Crippen LogP contribution in [-0.4, -0.2) is 31.3 Å². The summed E-state index contributed by atoms with van der Waals surface area (Å²) in [6.45, 7) is 0.280.